The third kappa shape index (κ3) is 2.45. The van der Waals surface area contributed by atoms with E-state index in [0.29, 0.717) is 6.04 Å². The minimum Gasteiger partial charge on any atom is -0.305 e. The highest BCUT2D eigenvalue weighted by molar-refractivity contribution is 7.16. The van der Waals surface area contributed by atoms with Crippen LogP contribution in [0.1, 0.15) is 51.1 Å². The van der Waals surface area contributed by atoms with Crippen molar-refractivity contribution < 1.29 is 0 Å². The lowest BCUT2D eigenvalue weighted by atomic mass is 9.94. The molecule has 2 aliphatic carbocycles. The molecule has 0 fully saturated rings. The molecule has 0 bridgehead atoms. The second-order valence-electron chi connectivity index (χ2n) is 5.77. The molecular weight excluding hydrogens is 306 g/mol. The van der Waals surface area contributed by atoms with E-state index < -0.39 is 0 Å². The number of thiophene rings is 2. The number of aryl methyl sites for hydroxylation is 3. The van der Waals surface area contributed by atoms with E-state index in [1.54, 1.807) is 21.8 Å². The van der Waals surface area contributed by atoms with E-state index in [0.717, 1.165) is 10.9 Å². The summed E-state index contributed by atoms with van der Waals surface area (Å²) in [6.07, 6.45) is 7.67. The Morgan fingerprint density at radius 2 is 2.00 bits per heavy atom. The van der Waals surface area contributed by atoms with E-state index >= 15 is 0 Å². The van der Waals surface area contributed by atoms with Crippen LogP contribution in [0.2, 0.25) is 4.34 Å². The van der Waals surface area contributed by atoms with E-state index in [1.807, 2.05) is 11.3 Å². The Kier molecular flexibility index (Phi) is 3.63. The first-order valence-electron chi connectivity index (χ1n) is 7.41. The fraction of sp³-hybridized carbons (Fsp3) is 0.500. The summed E-state index contributed by atoms with van der Waals surface area (Å²) in [5.41, 5.74) is 3.06. The molecule has 2 aromatic rings. The Morgan fingerprint density at radius 3 is 2.90 bits per heavy atom. The molecule has 1 nitrogen and oxygen atoms in total. The van der Waals surface area contributed by atoms with Gasteiger partial charge in [-0.2, -0.15) is 0 Å². The normalized spacial score (nSPS) is 20.9. The molecule has 0 aromatic carbocycles. The predicted molar refractivity (Wildman–Crippen MR) is 88.2 cm³/mol. The van der Waals surface area contributed by atoms with Crippen LogP contribution in [0.5, 0.6) is 0 Å². The van der Waals surface area contributed by atoms with Crippen molar-refractivity contribution in [2.24, 2.45) is 0 Å². The Labute approximate surface area is 133 Å². The van der Waals surface area contributed by atoms with Crippen LogP contribution >= 0.6 is 34.3 Å². The Hall–Kier alpha value is -0.350. The molecule has 4 heteroatoms. The SMILES string of the molecule is Clc1cc2c(s1)CCCC2NCc1cc2c(s1)CCC2. The smallest absolute Gasteiger partial charge is 0.0934 e. The van der Waals surface area contributed by atoms with Gasteiger partial charge in [-0.05, 0) is 61.8 Å². The standard InChI is InChI=1S/C16H18ClNS2/c17-16-8-12-13(4-2-6-15(12)20-16)18-9-11-7-10-3-1-5-14(10)19-11/h7-8,13,18H,1-6,9H2. The molecule has 2 aliphatic rings. The van der Waals surface area contributed by atoms with E-state index in [-0.39, 0.29) is 0 Å². The van der Waals surface area contributed by atoms with Gasteiger partial charge in [-0.1, -0.05) is 11.6 Å². The van der Waals surface area contributed by atoms with Crippen LogP contribution in [0.25, 0.3) is 0 Å². The number of halogens is 1. The van der Waals surface area contributed by atoms with Gasteiger partial charge in [0.1, 0.15) is 0 Å². The van der Waals surface area contributed by atoms with Crippen molar-refractivity contribution >= 4 is 34.3 Å². The molecular formula is C16H18ClNS2. The monoisotopic (exact) mass is 323 g/mol. The first-order chi connectivity index (χ1) is 9.79. The lowest BCUT2D eigenvalue weighted by Gasteiger charge is -2.23. The van der Waals surface area contributed by atoms with Gasteiger partial charge in [0, 0.05) is 27.2 Å². The molecule has 0 aliphatic heterocycles. The van der Waals surface area contributed by atoms with Crippen LogP contribution < -0.4 is 5.32 Å². The maximum absolute atomic E-state index is 6.18. The molecule has 1 atom stereocenters. The second kappa shape index (κ2) is 5.45. The molecule has 0 saturated heterocycles. The number of nitrogens with one attached hydrogen (secondary N) is 1. The van der Waals surface area contributed by atoms with Crippen molar-refractivity contribution in [2.75, 3.05) is 0 Å². The third-order valence-electron chi connectivity index (χ3n) is 4.40. The van der Waals surface area contributed by atoms with Crippen molar-refractivity contribution in [3.8, 4) is 0 Å². The molecule has 2 heterocycles. The van der Waals surface area contributed by atoms with Gasteiger partial charge >= 0.3 is 0 Å². The summed E-state index contributed by atoms with van der Waals surface area (Å²) in [5.74, 6) is 0. The number of hydrogen-bond acceptors (Lipinski definition) is 3. The minimum absolute atomic E-state index is 0.499. The van der Waals surface area contributed by atoms with Gasteiger partial charge in [0.05, 0.1) is 4.34 Å². The Bertz CT molecular complexity index is 607. The molecule has 0 amide bonds. The first kappa shape index (κ1) is 13.3. The van der Waals surface area contributed by atoms with E-state index in [1.165, 1.54) is 53.8 Å². The summed E-state index contributed by atoms with van der Waals surface area (Å²) in [4.78, 5) is 4.63. The number of hydrogen-bond donors (Lipinski definition) is 1. The number of fused-ring (bicyclic) bond motifs is 2. The fourth-order valence-corrected chi connectivity index (χ4v) is 6.03. The second-order valence-corrected chi connectivity index (χ2v) is 8.76. The molecule has 0 radical (unpaired) electrons. The molecule has 106 valence electrons. The van der Waals surface area contributed by atoms with Crippen LogP contribution in [0, 0.1) is 0 Å². The molecule has 0 saturated carbocycles. The maximum atomic E-state index is 6.18. The average Bonchev–Trinajstić information content (AvgIpc) is 3.08. The van der Waals surface area contributed by atoms with Crippen LogP contribution in [0.4, 0.5) is 0 Å². The maximum Gasteiger partial charge on any atom is 0.0934 e. The average molecular weight is 324 g/mol. The van der Waals surface area contributed by atoms with Crippen LogP contribution in [-0.2, 0) is 25.8 Å². The van der Waals surface area contributed by atoms with E-state index in [2.05, 4.69) is 17.4 Å². The van der Waals surface area contributed by atoms with Gasteiger partial charge in [0.15, 0.2) is 0 Å². The van der Waals surface area contributed by atoms with Gasteiger partial charge in [-0.3, -0.25) is 0 Å². The summed E-state index contributed by atoms with van der Waals surface area (Å²) in [6, 6.07) is 5.09. The lowest BCUT2D eigenvalue weighted by molar-refractivity contribution is 0.465. The van der Waals surface area contributed by atoms with Crippen molar-refractivity contribution in [3.05, 3.63) is 42.2 Å². The molecule has 20 heavy (non-hydrogen) atoms. The summed E-state index contributed by atoms with van der Waals surface area (Å²) < 4.78 is 0.943. The van der Waals surface area contributed by atoms with E-state index in [4.69, 9.17) is 11.6 Å². The third-order valence-corrected chi connectivity index (χ3v) is 6.98. The Balaban J connectivity index is 1.47. The van der Waals surface area contributed by atoms with E-state index in [9.17, 15) is 0 Å². The number of rotatable bonds is 3. The summed E-state index contributed by atoms with van der Waals surface area (Å²) in [6.45, 7) is 1.01. The zero-order chi connectivity index (χ0) is 13.5. The molecule has 0 spiro atoms. The van der Waals surface area contributed by atoms with Crippen molar-refractivity contribution in [1.29, 1.82) is 0 Å². The van der Waals surface area contributed by atoms with Crippen molar-refractivity contribution in [3.63, 3.8) is 0 Å². The van der Waals surface area contributed by atoms with Crippen molar-refractivity contribution in [2.45, 2.75) is 51.1 Å². The zero-order valence-electron chi connectivity index (χ0n) is 11.4. The molecule has 2 aromatic heterocycles. The summed E-state index contributed by atoms with van der Waals surface area (Å²) in [7, 11) is 0. The molecule has 1 unspecified atom stereocenters. The first-order valence-corrected chi connectivity index (χ1v) is 9.42. The van der Waals surface area contributed by atoms with Crippen LogP contribution in [0.15, 0.2) is 12.1 Å². The summed E-state index contributed by atoms with van der Waals surface area (Å²) in [5, 5.41) is 3.75. The highest BCUT2D eigenvalue weighted by atomic mass is 35.5. The predicted octanol–water partition coefficient (Wildman–Crippen LogP) is 5.12. The van der Waals surface area contributed by atoms with Gasteiger partial charge in [-0.25, -0.2) is 0 Å². The van der Waals surface area contributed by atoms with Crippen molar-refractivity contribution in [1.82, 2.24) is 5.32 Å². The summed E-state index contributed by atoms with van der Waals surface area (Å²) >= 11 is 9.95. The highest BCUT2D eigenvalue weighted by Crippen LogP contribution is 2.38. The zero-order valence-corrected chi connectivity index (χ0v) is 13.8. The quantitative estimate of drug-likeness (QED) is 0.826. The fourth-order valence-electron chi connectivity index (χ4n) is 3.43. The van der Waals surface area contributed by atoms with Gasteiger partial charge < -0.3 is 5.32 Å². The topological polar surface area (TPSA) is 12.0 Å². The lowest BCUT2D eigenvalue weighted by Crippen LogP contribution is -2.23. The molecule has 4 rings (SSSR count). The minimum atomic E-state index is 0.499. The van der Waals surface area contributed by atoms with Gasteiger partial charge in [0.25, 0.3) is 0 Å². The Morgan fingerprint density at radius 1 is 1.10 bits per heavy atom. The van der Waals surface area contributed by atoms with Gasteiger partial charge in [0.2, 0.25) is 0 Å². The van der Waals surface area contributed by atoms with Gasteiger partial charge in [-0.15, -0.1) is 22.7 Å². The largest absolute Gasteiger partial charge is 0.305 e. The molecule has 1 N–H and O–H groups in total. The van der Waals surface area contributed by atoms with Crippen LogP contribution in [0.3, 0.4) is 0 Å². The van der Waals surface area contributed by atoms with Crippen LogP contribution in [-0.4, -0.2) is 0 Å². The highest BCUT2D eigenvalue weighted by Gasteiger charge is 2.23.